The van der Waals surface area contributed by atoms with E-state index in [2.05, 4.69) is 0 Å². The van der Waals surface area contributed by atoms with Crippen molar-refractivity contribution < 1.29 is 28.8 Å². The molecule has 1 aromatic rings. The van der Waals surface area contributed by atoms with Gasteiger partial charge in [0.1, 0.15) is 18.1 Å². The molecule has 0 bridgehead atoms. The SMILES string of the molecule is COc1cc(OC)cc(C(=O)OO[CH]CC(C)(C)OC)c1. The van der Waals surface area contributed by atoms with Crippen LogP contribution in [0, 0.1) is 6.61 Å². The Hall–Kier alpha value is -1.79. The van der Waals surface area contributed by atoms with Gasteiger partial charge in [-0.2, -0.15) is 4.89 Å². The van der Waals surface area contributed by atoms with Gasteiger partial charge >= 0.3 is 5.97 Å². The van der Waals surface area contributed by atoms with Crippen LogP contribution in [0.25, 0.3) is 0 Å². The number of rotatable bonds is 8. The molecular weight excluding hydrogens is 276 g/mol. The Bertz CT molecular complexity index is 447. The number of methoxy groups -OCH3 is 3. The molecule has 0 atom stereocenters. The van der Waals surface area contributed by atoms with Crippen molar-refractivity contribution in [2.45, 2.75) is 25.9 Å². The first-order valence-electron chi connectivity index (χ1n) is 6.39. The van der Waals surface area contributed by atoms with Gasteiger partial charge in [0.15, 0.2) is 0 Å². The topological polar surface area (TPSA) is 63.2 Å². The molecule has 0 aliphatic carbocycles. The fraction of sp³-hybridized carbons (Fsp3) is 0.467. The Morgan fingerprint density at radius 3 is 2.14 bits per heavy atom. The van der Waals surface area contributed by atoms with Gasteiger partial charge in [0.2, 0.25) is 0 Å². The summed E-state index contributed by atoms with van der Waals surface area (Å²) < 4.78 is 15.4. The zero-order valence-electron chi connectivity index (χ0n) is 13.0. The van der Waals surface area contributed by atoms with Crippen molar-refractivity contribution in [3.8, 4) is 11.5 Å². The highest BCUT2D eigenvalue weighted by molar-refractivity contribution is 5.90. The molecule has 6 nitrogen and oxygen atoms in total. The van der Waals surface area contributed by atoms with Gasteiger partial charge in [-0.25, -0.2) is 4.79 Å². The lowest BCUT2D eigenvalue weighted by atomic mass is 10.1. The average molecular weight is 297 g/mol. The summed E-state index contributed by atoms with van der Waals surface area (Å²) in [5, 5.41) is 0. The van der Waals surface area contributed by atoms with E-state index in [-0.39, 0.29) is 11.2 Å². The minimum Gasteiger partial charge on any atom is -0.497 e. The highest BCUT2D eigenvalue weighted by atomic mass is 17.2. The number of ether oxygens (including phenoxy) is 3. The standard InChI is InChI=1S/C15H21O6/c1-15(2,19-5)6-7-20-21-14(16)11-8-12(17-3)10-13(9-11)18-4/h7-10H,6H2,1-5H3. The Labute approximate surface area is 124 Å². The fourth-order valence-corrected chi connectivity index (χ4v) is 1.37. The molecule has 0 amide bonds. The zero-order valence-corrected chi connectivity index (χ0v) is 13.0. The minimum atomic E-state index is -0.640. The van der Waals surface area contributed by atoms with Crippen molar-refractivity contribution in [2.24, 2.45) is 0 Å². The summed E-state index contributed by atoms with van der Waals surface area (Å²) in [4.78, 5) is 21.4. The number of hydrogen-bond donors (Lipinski definition) is 0. The Balaban J connectivity index is 2.56. The molecule has 0 spiro atoms. The Morgan fingerprint density at radius 2 is 1.67 bits per heavy atom. The van der Waals surface area contributed by atoms with Crippen LogP contribution >= 0.6 is 0 Å². The lowest BCUT2D eigenvalue weighted by Gasteiger charge is -2.21. The van der Waals surface area contributed by atoms with Gasteiger partial charge in [0.25, 0.3) is 0 Å². The van der Waals surface area contributed by atoms with Crippen molar-refractivity contribution in [3.63, 3.8) is 0 Å². The smallest absolute Gasteiger partial charge is 0.373 e. The number of benzene rings is 1. The molecule has 21 heavy (non-hydrogen) atoms. The third-order valence-corrected chi connectivity index (χ3v) is 2.91. The second kappa shape index (κ2) is 7.85. The highest BCUT2D eigenvalue weighted by Gasteiger charge is 2.18. The van der Waals surface area contributed by atoms with Crippen LogP contribution in [-0.4, -0.2) is 32.9 Å². The Kier molecular flexibility index (Phi) is 6.45. The third-order valence-electron chi connectivity index (χ3n) is 2.91. The number of carbonyl (C=O) groups is 1. The van der Waals surface area contributed by atoms with Gasteiger partial charge in [-0.1, -0.05) is 0 Å². The molecule has 0 saturated heterocycles. The van der Waals surface area contributed by atoms with E-state index in [0.29, 0.717) is 17.9 Å². The molecule has 1 aromatic carbocycles. The number of carbonyl (C=O) groups excluding carboxylic acids is 1. The van der Waals surface area contributed by atoms with Gasteiger partial charge in [0, 0.05) is 19.6 Å². The van der Waals surface area contributed by atoms with Crippen molar-refractivity contribution >= 4 is 5.97 Å². The second-order valence-electron chi connectivity index (χ2n) is 4.90. The van der Waals surface area contributed by atoms with Gasteiger partial charge in [0.05, 0.1) is 25.4 Å². The van der Waals surface area contributed by atoms with E-state index in [1.165, 1.54) is 33.0 Å². The Morgan fingerprint density at radius 1 is 1.10 bits per heavy atom. The van der Waals surface area contributed by atoms with E-state index < -0.39 is 5.97 Å². The maximum absolute atomic E-state index is 11.9. The lowest BCUT2D eigenvalue weighted by Crippen LogP contribution is -2.22. The van der Waals surface area contributed by atoms with Crippen molar-refractivity contribution in [3.05, 3.63) is 30.4 Å². The molecule has 117 valence electrons. The lowest BCUT2D eigenvalue weighted by molar-refractivity contribution is -0.218. The van der Waals surface area contributed by atoms with Crippen molar-refractivity contribution in [1.29, 1.82) is 0 Å². The molecule has 6 heteroatoms. The molecule has 0 unspecified atom stereocenters. The summed E-state index contributed by atoms with van der Waals surface area (Å²) >= 11 is 0. The molecule has 0 aliphatic heterocycles. The minimum absolute atomic E-state index is 0.269. The van der Waals surface area contributed by atoms with Crippen LogP contribution in [0.4, 0.5) is 0 Å². The van der Waals surface area contributed by atoms with E-state index in [1.807, 2.05) is 13.8 Å². The molecule has 0 fully saturated rings. The maximum Gasteiger partial charge on any atom is 0.373 e. The van der Waals surface area contributed by atoms with Crippen LogP contribution in [-0.2, 0) is 14.5 Å². The molecule has 1 rings (SSSR count). The largest absolute Gasteiger partial charge is 0.497 e. The molecule has 0 saturated carbocycles. The maximum atomic E-state index is 11.9. The fourth-order valence-electron chi connectivity index (χ4n) is 1.37. The molecule has 0 N–H and O–H groups in total. The van der Waals surface area contributed by atoms with E-state index in [1.54, 1.807) is 13.2 Å². The first-order valence-corrected chi connectivity index (χ1v) is 6.39. The third kappa shape index (κ3) is 5.61. The van der Waals surface area contributed by atoms with Crippen molar-refractivity contribution in [2.75, 3.05) is 21.3 Å². The summed E-state index contributed by atoms with van der Waals surface area (Å²) in [7, 11) is 4.60. The quantitative estimate of drug-likeness (QED) is 0.418. The average Bonchev–Trinajstić information content (AvgIpc) is 2.50. The van der Waals surface area contributed by atoms with E-state index in [0.717, 1.165) is 0 Å². The van der Waals surface area contributed by atoms with E-state index >= 15 is 0 Å². The van der Waals surface area contributed by atoms with Gasteiger partial charge in [-0.15, -0.1) is 0 Å². The molecule has 0 heterocycles. The second-order valence-corrected chi connectivity index (χ2v) is 4.90. The van der Waals surface area contributed by atoms with Crippen LogP contribution < -0.4 is 9.47 Å². The molecule has 0 aliphatic rings. The van der Waals surface area contributed by atoms with Crippen LogP contribution in [0.1, 0.15) is 30.6 Å². The van der Waals surface area contributed by atoms with Gasteiger partial charge < -0.3 is 14.2 Å². The molecule has 1 radical (unpaired) electrons. The first-order chi connectivity index (χ1) is 9.91. The molecule has 0 aromatic heterocycles. The monoisotopic (exact) mass is 297 g/mol. The zero-order chi connectivity index (χ0) is 15.9. The van der Waals surface area contributed by atoms with Gasteiger partial charge in [-0.05, 0) is 26.0 Å². The first kappa shape index (κ1) is 17.3. The van der Waals surface area contributed by atoms with Crippen LogP contribution in [0.2, 0.25) is 0 Å². The summed E-state index contributed by atoms with van der Waals surface area (Å²) in [5.74, 6) is 0.343. The summed E-state index contributed by atoms with van der Waals surface area (Å²) in [6.45, 7) is 5.15. The van der Waals surface area contributed by atoms with Crippen molar-refractivity contribution in [1.82, 2.24) is 0 Å². The summed E-state index contributed by atoms with van der Waals surface area (Å²) in [6, 6.07) is 4.73. The van der Waals surface area contributed by atoms with Crippen LogP contribution in [0.3, 0.4) is 0 Å². The molecular formula is C15H21O6. The highest BCUT2D eigenvalue weighted by Crippen LogP contribution is 2.23. The predicted octanol–water partition coefficient (Wildman–Crippen LogP) is 2.77. The number of hydrogen-bond acceptors (Lipinski definition) is 6. The van der Waals surface area contributed by atoms with Crippen LogP contribution in [0.15, 0.2) is 18.2 Å². The van der Waals surface area contributed by atoms with E-state index in [9.17, 15) is 4.79 Å². The summed E-state index contributed by atoms with van der Waals surface area (Å²) in [6.07, 6.45) is 0.470. The van der Waals surface area contributed by atoms with Gasteiger partial charge in [-0.3, -0.25) is 4.89 Å². The van der Waals surface area contributed by atoms with E-state index in [4.69, 9.17) is 24.0 Å². The predicted molar refractivity (Wildman–Crippen MR) is 76.1 cm³/mol. The summed E-state index contributed by atoms with van der Waals surface area (Å²) in [5.41, 5.74) is -0.114. The normalized spacial score (nSPS) is 11.1. The van der Waals surface area contributed by atoms with Crippen LogP contribution in [0.5, 0.6) is 11.5 Å².